The number of nitrogens with one attached hydrogen (secondary N) is 2. The monoisotopic (exact) mass is 516 g/mol. The minimum Gasteiger partial charge on any atom is -0.497 e. The lowest BCUT2D eigenvalue weighted by atomic mass is 10.1. The van der Waals surface area contributed by atoms with Crippen molar-refractivity contribution in [3.63, 3.8) is 0 Å². The molecule has 0 fully saturated rings. The van der Waals surface area contributed by atoms with Gasteiger partial charge in [0.2, 0.25) is 0 Å². The molecular weight excluding hydrogens is 487 g/mol. The maximum Gasteiger partial charge on any atom is 0.191 e. The van der Waals surface area contributed by atoms with E-state index in [9.17, 15) is 5.11 Å². The molecule has 1 aliphatic heterocycles. The van der Waals surface area contributed by atoms with Crippen molar-refractivity contribution in [2.45, 2.75) is 38.5 Å². The van der Waals surface area contributed by atoms with Gasteiger partial charge in [-0.1, -0.05) is 0 Å². The first-order valence-electron chi connectivity index (χ1n) is 9.45. The van der Waals surface area contributed by atoms with Crippen LogP contribution in [-0.4, -0.2) is 59.2 Å². The van der Waals surface area contributed by atoms with E-state index in [1.807, 2.05) is 11.6 Å². The number of aliphatic hydroxyl groups excluding tert-OH is 1. The van der Waals surface area contributed by atoms with Gasteiger partial charge in [-0.25, -0.2) is 9.67 Å². The van der Waals surface area contributed by atoms with Gasteiger partial charge < -0.3 is 25.2 Å². The SMILES string of the molecule is CCNC(=NCC(O)c1cc(OC)cc(OC)c1)NC1CCc2ncnn2C1.I. The summed E-state index contributed by atoms with van der Waals surface area (Å²) < 4.78 is 12.5. The minimum absolute atomic E-state index is 0. The number of hydrogen-bond donors (Lipinski definition) is 3. The number of benzene rings is 1. The van der Waals surface area contributed by atoms with Crippen LogP contribution in [0.25, 0.3) is 0 Å². The zero-order valence-electron chi connectivity index (χ0n) is 17.0. The molecule has 9 nitrogen and oxygen atoms in total. The van der Waals surface area contributed by atoms with E-state index in [-0.39, 0.29) is 36.6 Å². The fourth-order valence-electron chi connectivity index (χ4n) is 3.17. The molecule has 2 heterocycles. The first-order chi connectivity index (χ1) is 13.6. The highest BCUT2D eigenvalue weighted by Crippen LogP contribution is 2.26. The summed E-state index contributed by atoms with van der Waals surface area (Å²) in [5.41, 5.74) is 0.695. The molecule has 160 valence electrons. The van der Waals surface area contributed by atoms with Gasteiger partial charge in [-0.05, 0) is 31.0 Å². The number of aliphatic hydroxyl groups is 1. The Morgan fingerprint density at radius 1 is 1.31 bits per heavy atom. The van der Waals surface area contributed by atoms with Gasteiger partial charge in [0.05, 0.1) is 33.4 Å². The van der Waals surface area contributed by atoms with Crippen LogP contribution in [0.3, 0.4) is 0 Å². The normalized spacial score (nSPS) is 17.0. The van der Waals surface area contributed by atoms with Crippen molar-refractivity contribution in [2.24, 2.45) is 4.99 Å². The predicted octanol–water partition coefficient (Wildman–Crippen LogP) is 1.52. The molecule has 0 amide bonds. The summed E-state index contributed by atoms with van der Waals surface area (Å²) in [7, 11) is 3.17. The lowest BCUT2D eigenvalue weighted by Crippen LogP contribution is -2.47. The van der Waals surface area contributed by atoms with Crippen molar-refractivity contribution in [1.82, 2.24) is 25.4 Å². The average molecular weight is 516 g/mol. The van der Waals surface area contributed by atoms with Crippen LogP contribution in [0, 0.1) is 0 Å². The molecule has 0 aliphatic carbocycles. The number of fused-ring (bicyclic) bond motifs is 1. The largest absolute Gasteiger partial charge is 0.497 e. The summed E-state index contributed by atoms with van der Waals surface area (Å²) in [5, 5.41) is 21.5. The van der Waals surface area contributed by atoms with Crippen LogP contribution in [0.4, 0.5) is 0 Å². The minimum atomic E-state index is -0.771. The number of aliphatic imine (C=N–C) groups is 1. The van der Waals surface area contributed by atoms with Crippen LogP contribution in [0.15, 0.2) is 29.5 Å². The second-order valence-corrected chi connectivity index (χ2v) is 6.62. The molecule has 2 atom stereocenters. The Bertz CT molecular complexity index is 791. The third kappa shape index (κ3) is 6.20. The molecule has 2 unspecified atom stereocenters. The number of ether oxygens (including phenoxy) is 2. The van der Waals surface area contributed by atoms with Crippen LogP contribution in [0.5, 0.6) is 11.5 Å². The van der Waals surface area contributed by atoms with Crippen LogP contribution >= 0.6 is 24.0 Å². The molecule has 3 rings (SSSR count). The van der Waals surface area contributed by atoms with Crippen LogP contribution < -0.4 is 20.1 Å². The number of guanidine groups is 1. The molecule has 0 saturated heterocycles. The number of halogens is 1. The zero-order valence-corrected chi connectivity index (χ0v) is 19.3. The van der Waals surface area contributed by atoms with E-state index in [0.717, 1.165) is 31.8 Å². The van der Waals surface area contributed by atoms with Crippen molar-refractivity contribution < 1.29 is 14.6 Å². The quantitative estimate of drug-likeness (QED) is 0.291. The second-order valence-electron chi connectivity index (χ2n) is 6.62. The van der Waals surface area contributed by atoms with Crippen molar-refractivity contribution in [3.8, 4) is 11.5 Å². The summed E-state index contributed by atoms with van der Waals surface area (Å²) in [4.78, 5) is 8.81. The van der Waals surface area contributed by atoms with E-state index in [0.29, 0.717) is 23.0 Å². The smallest absolute Gasteiger partial charge is 0.191 e. The zero-order chi connectivity index (χ0) is 19.9. The Labute approximate surface area is 187 Å². The van der Waals surface area contributed by atoms with Gasteiger partial charge in [-0.2, -0.15) is 5.10 Å². The Morgan fingerprint density at radius 3 is 2.69 bits per heavy atom. The standard InChI is InChI=1S/C19H28N6O3.HI/c1-4-20-19(24-14-5-6-18-22-12-23-25(18)11-14)21-10-17(26)13-7-15(27-2)9-16(8-13)28-3;/h7-9,12,14,17,26H,4-6,10-11H2,1-3H3,(H2,20,21,24);1H. The Kier molecular flexibility index (Phi) is 8.96. The maximum atomic E-state index is 10.6. The lowest BCUT2D eigenvalue weighted by Gasteiger charge is -2.25. The van der Waals surface area contributed by atoms with Gasteiger partial charge in [0.1, 0.15) is 23.7 Å². The number of hydrogen-bond acceptors (Lipinski definition) is 6. The number of rotatable bonds is 7. The highest BCUT2D eigenvalue weighted by molar-refractivity contribution is 14.0. The van der Waals surface area contributed by atoms with Crippen LogP contribution in [0.2, 0.25) is 0 Å². The van der Waals surface area contributed by atoms with Crippen LogP contribution in [-0.2, 0) is 13.0 Å². The van der Waals surface area contributed by atoms with Gasteiger partial charge >= 0.3 is 0 Å². The van der Waals surface area contributed by atoms with E-state index in [1.54, 1.807) is 38.7 Å². The van der Waals surface area contributed by atoms with Crippen molar-refractivity contribution in [1.29, 1.82) is 0 Å². The second kappa shape index (κ2) is 11.2. The van der Waals surface area contributed by atoms with Crippen LogP contribution in [0.1, 0.15) is 30.8 Å². The third-order valence-electron chi connectivity index (χ3n) is 4.67. The van der Waals surface area contributed by atoms with E-state index < -0.39 is 6.10 Å². The maximum absolute atomic E-state index is 10.6. The molecule has 29 heavy (non-hydrogen) atoms. The van der Waals surface area contributed by atoms with Gasteiger partial charge in [-0.15, -0.1) is 24.0 Å². The summed E-state index contributed by atoms with van der Waals surface area (Å²) >= 11 is 0. The van der Waals surface area contributed by atoms with Crippen molar-refractivity contribution in [2.75, 3.05) is 27.3 Å². The fraction of sp³-hybridized carbons (Fsp3) is 0.526. The van der Waals surface area contributed by atoms with Gasteiger partial charge in [0.15, 0.2) is 5.96 Å². The van der Waals surface area contributed by atoms with Gasteiger partial charge in [0.25, 0.3) is 0 Å². The van der Waals surface area contributed by atoms with Gasteiger partial charge in [-0.3, -0.25) is 4.99 Å². The van der Waals surface area contributed by atoms with Crippen molar-refractivity contribution in [3.05, 3.63) is 35.9 Å². The molecule has 0 bridgehead atoms. The third-order valence-corrected chi connectivity index (χ3v) is 4.67. The molecule has 1 aromatic carbocycles. The summed E-state index contributed by atoms with van der Waals surface area (Å²) in [5.74, 6) is 2.95. The van der Waals surface area contributed by atoms with Crippen molar-refractivity contribution >= 4 is 29.9 Å². The molecule has 2 aromatic rings. The molecule has 0 radical (unpaired) electrons. The average Bonchev–Trinajstić information content (AvgIpc) is 3.19. The Balaban J connectivity index is 0.00000300. The molecule has 3 N–H and O–H groups in total. The first-order valence-corrected chi connectivity index (χ1v) is 9.45. The predicted molar refractivity (Wildman–Crippen MR) is 121 cm³/mol. The van der Waals surface area contributed by atoms with E-state index in [1.165, 1.54) is 0 Å². The lowest BCUT2D eigenvalue weighted by molar-refractivity contribution is 0.186. The Morgan fingerprint density at radius 2 is 2.03 bits per heavy atom. The van der Waals surface area contributed by atoms with E-state index in [2.05, 4.69) is 25.7 Å². The molecule has 0 spiro atoms. The van der Waals surface area contributed by atoms with E-state index >= 15 is 0 Å². The number of aryl methyl sites for hydroxylation is 1. The summed E-state index contributed by atoms with van der Waals surface area (Å²) in [6.07, 6.45) is 2.66. The molecule has 1 aliphatic rings. The summed E-state index contributed by atoms with van der Waals surface area (Å²) in [6, 6.07) is 5.56. The highest BCUT2D eigenvalue weighted by atomic mass is 127. The number of aromatic nitrogens is 3. The van der Waals surface area contributed by atoms with Gasteiger partial charge in [0, 0.05) is 25.1 Å². The molecule has 10 heteroatoms. The topological polar surface area (TPSA) is 106 Å². The van der Waals surface area contributed by atoms with E-state index in [4.69, 9.17) is 9.47 Å². The Hall–Kier alpha value is -2.08. The highest BCUT2D eigenvalue weighted by Gasteiger charge is 2.20. The number of methoxy groups -OCH3 is 2. The molecule has 1 aromatic heterocycles. The fourth-order valence-corrected chi connectivity index (χ4v) is 3.17. The first kappa shape index (κ1) is 23.2. The summed E-state index contributed by atoms with van der Waals surface area (Å²) in [6.45, 7) is 3.70. The molecular formula is C19H29IN6O3. The number of nitrogens with zero attached hydrogens (tertiary/aromatic N) is 4. The molecule has 0 saturated carbocycles.